The monoisotopic (exact) mass is 351 g/mol. The third kappa shape index (κ3) is 3.51. The van der Waals surface area contributed by atoms with Gasteiger partial charge in [-0.05, 0) is 36.4 Å². The topological polar surface area (TPSA) is 80.3 Å². The molecule has 0 bridgehead atoms. The van der Waals surface area contributed by atoms with E-state index in [9.17, 15) is 16.8 Å². The van der Waals surface area contributed by atoms with E-state index in [0.717, 1.165) is 17.6 Å². The highest BCUT2D eigenvalue weighted by atomic mass is 35.5. The van der Waals surface area contributed by atoms with E-state index in [-0.39, 0.29) is 14.8 Å². The van der Waals surface area contributed by atoms with E-state index < -0.39 is 19.9 Å². The number of halogens is 1. The second-order valence-electron chi connectivity index (χ2n) is 3.96. The molecule has 0 radical (unpaired) electrons. The van der Waals surface area contributed by atoms with Gasteiger partial charge in [0.2, 0.25) is 0 Å². The lowest BCUT2D eigenvalue weighted by Gasteiger charge is -2.06. The van der Waals surface area contributed by atoms with Crippen molar-refractivity contribution in [1.82, 2.24) is 0 Å². The van der Waals surface area contributed by atoms with Crippen LogP contribution in [-0.4, -0.2) is 23.1 Å². The first kappa shape index (κ1) is 15.3. The van der Waals surface area contributed by atoms with Crippen molar-refractivity contribution in [3.05, 3.63) is 40.7 Å². The van der Waals surface area contributed by atoms with Gasteiger partial charge in [0.1, 0.15) is 4.21 Å². The molecule has 5 nitrogen and oxygen atoms in total. The first-order valence-electron chi connectivity index (χ1n) is 5.27. The molecular formula is C11H10ClNO4S3. The molecule has 1 heterocycles. The van der Waals surface area contributed by atoms with Crippen molar-refractivity contribution >= 4 is 48.5 Å². The number of hydrogen-bond acceptors (Lipinski definition) is 5. The number of hydrogen-bond donors (Lipinski definition) is 1. The molecule has 0 aliphatic heterocycles. The van der Waals surface area contributed by atoms with E-state index in [4.69, 9.17) is 11.6 Å². The van der Waals surface area contributed by atoms with E-state index in [1.807, 2.05) is 0 Å². The number of rotatable bonds is 4. The fourth-order valence-corrected chi connectivity index (χ4v) is 4.59. The molecule has 0 spiro atoms. The lowest BCUT2D eigenvalue weighted by Crippen LogP contribution is -2.11. The van der Waals surface area contributed by atoms with Gasteiger partial charge in [0.15, 0.2) is 9.84 Å². The van der Waals surface area contributed by atoms with E-state index in [1.165, 1.54) is 36.4 Å². The van der Waals surface area contributed by atoms with Crippen molar-refractivity contribution in [3.8, 4) is 0 Å². The van der Waals surface area contributed by atoms with E-state index in [2.05, 4.69) is 4.72 Å². The van der Waals surface area contributed by atoms with Crippen LogP contribution in [0.1, 0.15) is 0 Å². The smallest absolute Gasteiger partial charge is 0.271 e. The zero-order valence-electron chi connectivity index (χ0n) is 10.2. The Labute approximate surface area is 126 Å². The van der Waals surface area contributed by atoms with Crippen LogP contribution in [0.3, 0.4) is 0 Å². The molecule has 9 heteroatoms. The van der Waals surface area contributed by atoms with Gasteiger partial charge in [-0.2, -0.15) is 0 Å². The molecule has 108 valence electrons. The molecule has 0 fully saturated rings. The summed E-state index contributed by atoms with van der Waals surface area (Å²) in [5.74, 6) is 0. The van der Waals surface area contributed by atoms with Gasteiger partial charge >= 0.3 is 0 Å². The molecule has 0 saturated carbocycles. The summed E-state index contributed by atoms with van der Waals surface area (Å²) < 4.78 is 49.5. The minimum atomic E-state index is -3.71. The van der Waals surface area contributed by atoms with Crippen molar-refractivity contribution in [2.24, 2.45) is 0 Å². The third-order valence-corrected chi connectivity index (χ3v) is 6.58. The highest BCUT2D eigenvalue weighted by Crippen LogP contribution is 2.27. The van der Waals surface area contributed by atoms with Gasteiger partial charge in [-0.25, -0.2) is 16.8 Å². The molecule has 0 aliphatic rings. The summed E-state index contributed by atoms with van der Waals surface area (Å²) in [7, 11) is -7.01. The number of benzene rings is 1. The summed E-state index contributed by atoms with van der Waals surface area (Å²) in [6, 6.07) is 8.36. The number of anilines is 1. The molecule has 2 rings (SSSR count). The lowest BCUT2D eigenvalue weighted by atomic mass is 10.3. The fourth-order valence-electron chi connectivity index (χ4n) is 1.42. The van der Waals surface area contributed by atoms with Gasteiger partial charge < -0.3 is 0 Å². The average molecular weight is 352 g/mol. The average Bonchev–Trinajstić information content (AvgIpc) is 2.76. The Bertz CT molecular complexity index is 823. The van der Waals surface area contributed by atoms with Crippen LogP contribution >= 0.6 is 22.9 Å². The maximum absolute atomic E-state index is 12.0. The number of sulfone groups is 1. The number of thiophene rings is 1. The van der Waals surface area contributed by atoms with Crippen LogP contribution in [0.15, 0.2) is 45.5 Å². The Morgan fingerprint density at radius 2 is 1.60 bits per heavy atom. The zero-order valence-corrected chi connectivity index (χ0v) is 13.4. The predicted molar refractivity (Wildman–Crippen MR) is 79.7 cm³/mol. The fraction of sp³-hybridized carbons (Fsp3) is 0.0909. The molecule has 1 aromatic carbocycles. The molecule has 2 aromatic rings. The minimum absolute atomic E-state index is 0.0923. The normalized spacial score (nSPS) is 12.3. The van der Waals surface area contributed by atoms with Gasteiger partial charge in [-0.3, -0.25) is 4.72 Å². The summed E-state index contributed by atoms with van der Waals surface area (Å²) >= 11 is 6.64. The minimum Gasteiger partial charge on any atom is -0.279 e. The van der Waals surface area contributed by atoms with Crippen molar-refractivity contribution in [3.63, 3.8) is 0 Å². The zero-order chi connectivity index (χ0) is 15.0. The molecule has 0 amide bonds. The van der Waals surface area contributed by atoms with Crippen LogP contribution in [0.5, 0.6) is 0 Å². The molecular weight excluding hydrogens is 342 g/mol. The lowest BCUT2D eigenvalue weighted by molar-refractivity contribution is 0.601. The summed E-state index contributed by atoms with van der Waals surface area (Å²) in [6.45, 7) is 0. The van der Waals surface area contributed by atoms with E-state index >= 15 is 0 Å². The second-order valence-corrected chi connectivity index (χ2v) is 9.60. The maximum Gasteiger partial charge on any atom is 0.271 e. The van der Waals surface area contributed by atoms with Crippen molar-refractivity contribution in [2.45, 2.75) is 9.10 Å². The largest absolute Gasteiger partial charge is 0.279 e. The van der Waals surface area contributed by atoms with Gasteiger partial charge in [0, 0.05) is 11.9 Å². The Hall–Kier alpha value is -1.09. The SMILES string of the molecule is CS(=O)(=O)c1ccc(NS(=O)(=O)c2ccc(Cl)s2)cc1. The van der Waals surface area contributed by atoms with E-state index in [1.54, 1.807) is 0 Å². The first-order valence-corrected chi connectivity index (χ1v) is 9.84. The summed E-state index contributed by atoms with van der Waals surface area (Å²) in [5.41, 5.74) is 0.280. The van der Waals surface area contributed by atoms with Crippen LogP contribution in [0, 0.1) is 0 Å². The highest BCUT2D eigenvalue weighted by molar-refractivity contribution is 7.94. The van der Waals surface area contributed by atoms with Crippen molar-refractivity contribution in [1.29, 1.82) is 0 Å². The van der Waals surface area contributed by atoms with Crippen LogP contribution in [0.25, 0.3) is 0 Å². The van der Waals surface area contributed by atoms with E-state index in [0.29, 0.717) is 4.34 Å². The number of nitrogens with one attached hydrogen (secondary N) is 1. The standard InChI is InChI=1S/C11H10ClNO4S3/c1-19(14,15)9-4-2-8(3-5-9)13-20(16,17)11-7-6-10(12)18-11/h2-7,13H,1H3. The van der Waals surface area contributed by atoms with Gasteiger partial charge in [0.05, 0.1) is 9.23 Å². The summed E-state index contributed by atoms with van der Waals surface area (Å²) in [6.07, 6.45) is 1.08. The molecule has 1 N–H and O–H groups in total. The van der Waals surface area contributed by atoms with Crippen LogP contribution < -0.4 is 4.72 Å². The molecule has 0 atom stereocenters. The Morgan fingerprint density at radius 1 is 1.00 bits per heavy atom. The van der Waals surface area contributed by atoms with Crippen LogP contribution in [0.4, 0.5) is 5.69 Å². The first-order chi connectivity index (χ1) is 9.18. The second kappa shape index (κ2) is 5.36. The third-order valence-electron chi connectivity index (χ3n) is 2.35. The summed E-state index contributed by atoms with van der Waals surface area (Å²) in [4.78, 5) is 0.125. The molecule has 0 aliphatic carbocycles. The van der Waals surface area contributed by atoms with Gasteiger partial charge in [0.25, 0.3) is 10.0 Å². The predicted octanol–water partition coefficient (Wildman–Crippen LogP) is 2.61. The Kier molecular flexibility index (Phi) is 4.10. The Balaban J connectivity index is 2.26. The van der Waals surface area contributed by atoms with Crippen molar-refractivity contribution < 1.29 is 16.8 Å². The number of sulfonamides is 1. The summed E-state index contributed by atoms with van der Waals surface area (Å²) in [5, 5.41) is 0. The van der Waals surface area contributed by atoms with Crippen molar-refractivity contribution in [2.75, 3.05) is 11.0 Å². The molecule has 20 heavy (non-hydrogen) atoms. The van der Waals surface area contributed by atoms with Gasteiger partial charge in [-0.1, -0.05) is 11.6 Å². The quantitative estimate of drug-likeness (QED) is 0.918. The highest BCUT2D eigenvalue weighted by Gasteiger charge is 2.17. The molecule has 0 unspecified atom stereocenters. The molecule has 0 saturated heterocycles. The van der Waals surface area contributed by atoms with Crippen LogP contribution in [-0.2, 0) is 19.9 Å². The van der Waals surface area contributed by atoms with Gasteiger partial charge in [-0.15, -0.1) is 11.3 Å². The van der Waals surface area contributed by atoms with Crippen LogP contribution in [0.2, 0.25) is 4.34 Å². The Morgan fingerprint density at radius 3 is 2.05 bits per heavy atom. The maximum atomic E-state index is 12.0. The molecule has 1 aromatic heterocycles.